The van der Waals surface area contributed by atoms with Crippen molar-refractivity contribution in [2.24, 2.45) is 0 Å². The molecule has 0 amide bonds. The third kappa shape index (κ3) is 3.41. The molecule has 1 N–H and O–H groups in total. The Morgan fingerprint density at radius 1 is 1.43 bits per heavy atom. The second kappa shape index (κ2) is 6.12. The van der Waals surface area contributed by atoms with Crippen molar-refractivity contribution in [3.05, 3.63) is 45.9 Å². The Morgan fingerprint density at radius 3 is 2.81 bits per heavy atom. The highest BCUT2D eigenvalue weighted by molar-refractivity contribution is 5.50. The molecule has 110 valence electrons. The maximum atomic E-state index is 13.1. The molecule has 2 aromatic rings. The van der Waals surface area contributed by atoms with Crippen LogP contribution in [0.3, 0.4) is 0 Å². The Kier molecular flexibility index (Phi) is 4.27. The first-order valence-electron chi connectivity index (χ1n) is 6.21. The lowest BCUT2D eigenvalue weighted by Crippen LogP contribution is -2.07. The topological polar surface area (TPSA) is 90.2 Å². The summed E-state index contributed by atoms with van der Waals surface area (Å²) >= 11 is 0. The van der Waals surface area contributed by atoms with Gasteiger partial charge in [-0.1, -0.05) is 6.07 Å². The SMILES string of the molecule is CCNc1nc(C)c([N+](=O)[O-])c(Oc2cccc(F)c2)n1. The van der Waals surface area contributed by atoms with Crippen LogP contribution in [0.4, 0.5) is 16.0 Å². The van der Waals surface area contributed by atoms with Crippen LogP contribution in [0.1, 0.15) is 12.6 Å². The summed E-state index contributed by atoms with van der Waals surface area (Å²) in [5.41, 5.74) is -0.182. The number of nitrogens with zero attached hydrogens (tertiary/aromatic N) is 3. The molecule has 0 aliphatic heterocycles. The zero-order valence-electron chi connectivity index (χ0n) is 11.5. The van der Waals surface area contributed by atoms with Crippen LogP contribution in [0.2, 0.25) is 0 Å². The Hall–Kier alpha value is -2.77. The molecule has 0 radical (unpaired) electrons. The molecule has 2 rings (SSSR count). The lowest BCUT2D eigenvalue weighted by Gasteiger charge is -2.09. The molecule has 8 heteroatoms. The average Bonchev–Trinajstić information content (AvgIpc) is 2.38. The minimum atomic E-state index is -0.625. The third-order valence-electron chi connectivity index (χ3n) is 2.55. The number of anilines is 1. The molecule has 1 aromatic carbocycles. The van der Waals surface area contributed by atoms with Gasteiger partial charge in [-0.2, -0.15) is 4.98 Å². The molecule has 0 unspecified atom stereocenters. The normalized spacial score (nSPS) is 10.2. The number of aromatic nitrogens is 2. The van der Waals surface area contributed by atoms with Crippen LogP contribution in [-0.4, -0.2) is 21.4 Å². The number of nitro groups is 1. The first-order valence-corrected chi connectivity index (χ1v) is 6.21. The summed E-state index contributed by atoms with van der Waals surface area (Å²) in [4.78, 5) is 18.4. The molecule has 0 aliphatic rings. The molecule has 0 bridgehead atoms. The Labute approximate surface area is 120 Å². The molecular weight excluding hydrogens is 279 g/mol. The molecule has 7 nitrogen and oxygen atoms in total. The molecule has 0 saturated heterocycles. The summed E-state index contributed by atoms with van der Waals surface area (Å²) in [6, 6.07) is 5.29. The highest BCUT2D eigenvalue weighted by atomic mass is 19.1. The molecule has 1 heterocycles. The number of rotatable bonds is 5. The van der Waals surface area contributed by atoms with Crippen molar-refractivity contribution < 1.29 is 14.1 Å². The van der Waals surface area contributed by atoms with E-state index in [9.17, 15) is 14.5 Å². The quantitative estimate of drug-likeness (QED) is 0.672. The largest absolute Gasteiger partial charge is 0.433 e. The Balaban J connectivity index is 2.46. The highest BCUT2D eigenvalue weighted by Crippen LogP contribution is 2.32. The van der Waals surface area contributed by atoms with Crippen LogP contribution in [0, 0.1) is 22.9 Å². The monoisotopic (exact) mass is 292 g/mol. The van der Waals surface area contributed by atoms with E-state index in [0.717, 1.165) is 6.07 Å². The van der Waals surface area contributed by atoms with Crippen molar-refractivity contribution in [2.75, 3.05) is 11.9 Å². The molecule has 0 saturated carbocycles. The summed E-state index contributed by atoms with van der Waals surface area (Å²) in [7, 11) is 0. The van der Waals surface area contributed by atoms with E-state index in [1.54, 1.807) is 0 Å². The van der Waals surface area contributed by atoms with Crippen molar-refractivity contribution in [1.82, 2.24) is 9.97 Å². The van der Waals surface area contributed by atoms with Crippen LogP contribution in [0.25, 0.3) is 0 Å². The highest BCUT2D eigenvalue weighted by Gasteiger charge is 2.24. The van der Waals surface area contributed by atoms with E-state index in [1.165, 1.54) is 25.1 Å². The second-order valence-corrected chi connectivity index (χ2v) is 4.13. The fraction of sp³-hybridized carbons (Fsp3) is 0.231. The van der Waals surface area contributed by atoms with E-state index < -0.39 is 10.7 Å². The van der Waals surface area contributed by atoms with Crippen molar-refractivity contribution in [3.63, 3.8) is 0 Å². The molecule has 21 heavy (non-hydrogen) atoms. The fourth-order valence-corrected chi connectivity index (χ4v) is 1.70. The van der Waals surface area contributed by atoms with Crippen LogP contribution in [-0.2, 0) is 0 Å². The standard InChI is InChI=1S/C13H13FN4O3/c1-3-15-13-16-8(2)11(18(19)20)12(17-13)21-10-6-4-5-9(14)7-10/h4-7H,3H2,1-2H3,(H,15,16,17). The van der Waals surface area contributed by atoms with E-state index in [0.29, 0.717) is 6.54 Å². The van der Waals surface area contributed by atoms with Gasteiger partial charge in [0.2, 0.25) is 5.95 Å². The van der Waals surface area contributed by atoms with Crippen LogP contribution < -0.4 is 10.1 Å². The van der Waals surface area contributed by atoms with E-state index in [2.05, 4.69) is 15.3 Å². The molecule has 1 aromatic heterocycles. The molecule has 0 spiro atoms. The van der Waals surface area contributed by atoms with Crippen LogP contribution >= 0.6 is 0 Å². The van der Waals surface area contributed by atoms with Gasteiger partial charge in [-0.15, -0.1) is 0 Å². The van der Waals surface area contributed by atoms with Gasteiger partial charge < -0.3 is 10.1 Å². The lowest BCUT2D eigenvalue weighted by molar-refractivity contribution is -0.386. The van der Waals surface area contributed by atoms with Gasteiger partial charge >= 0.3 is 11.6 Å². The number of benzene rings is 1. The zero-order chi connectivity index (χ0) is 15.4. The molecule has 0 aliphatic carbocycles. The maximum absolute atomic E-state index is 13.1. The molecular formula is C13H13FN4O3. The van der Waals surface area contributed by atoms with Crippen LogP contribution in [0.5, 0.6) is 11.6 Å². The van der Waals surface area contributed by atoms with Gasteiger partial charge in [-0.3, -0.25) is 10.1 Å². The number of hydrogen-bond donors (Lipinski definition) is 1. The predicted molar refractivity (Wildman–Crippen MR) is 74.1 cm³/mol. The smallest absolute Gasteiger partial charge is 0.352 e. The minimum absolute atomic E-state index is 0.124. The maximum Gasteiger partial charge on any atom is 0.352 e. The zero-order valence-corrected chi connectivity index (χ0v) is 11.5. The van der Waals surface area contributed by atoms with Crippen molar-refractivity contribution >= 4 is 11.6 Å². The van der Waals surface area contributed by atoms with Crippen molar-refractivity contribution in [3.8, 4) is 11.6 Å². The Morgan fingerprint density at radius 2 is 2.19 bits per heavy atom. The third-order valence-corrected chi connectivity index (χ3v) is 2.55. The lowest BCUT2D eigenvalue weighted by atomic mass is 10.3. The first kappa shape index (κ1) is 14.6. The van der Waals surface area contributed by atoms with Gasteiger partial charge in [0.25, 0.3) is 0 Å². The molecule has 0 atom stereocenters. The van der Waals surface area contributed by atoms with Crippen molar-refractivity contribution in [1.29, 1.82) is 0 Å². The predicted octanol–water partition coefficient (Wildman–Crippen LogP) is 3.06. The Bertz CT molecular complexity index is 678. The van der Waals surface area contributed by atoms with Gasteiger partial charge in [0, 0.05) is 12.6 Å². The number of nitrogens with one attached hydrogen (secondary N) is 1. The number of aryl methyl sites for hydroxylation is 1. The van der Waals surface area contributed by atoms with Crippen LogP contribution in [0.15, 0.2) is 24.3 Å². The van der Waals surface area contributed by atoms with E-state index in [4.69, 9.17) is 4.74 Å². The van der Waals surface area contributed by atoms with Gasteiger partial charge in [-0.05, 0) is 26.0 Å². The minimum Gasteiger partial charge on any atom is -0.433 e. The van der Waals surface area contributed by atoms with Gasteiger partial charge in [0.1, 0.15) is 17.3 Å². The van der Waals surface area contributed by atoms with E-state index in [-0.39, 0.29) is 29.0 Å². The summed E-state index contributed by atoms with van der Waals surface area (Å²) in [5.74, 6) is -0.396. The number of hydrogen-bond acceptors (Lipinski definition) is 6. The van der Waals surface area contributed by atoms with E-state index in [1.807, 2.05) is 6.92 Å². The molecule has 0 fully saturated rings. The van der Waals surface area contributed by atoms with E-state index >= 15 is 0 Å². The van der Waals surface area contributed by atoms with Gasteiger partial charge in [0.05, 0.1) is 4.92 Å². The van der Waals surface area contributed by atoms with Gasteiger partial charge in [0.15, 0.2) is 0 Å². The van der Waals surface area contributed by atoms with Gasteiger partial charge in [-0.25, -0.2) is 9.37 Å². The fourth-order valence-electron chi connectivity index (χ4n) is 1.70. The summed E-state index contributed by atoms with van der Waals surface area (Å²) in [6.45, 7) is 3.88. The summed E-state index contributed by atoms with van der Waals surface area (Å²) in [5, 5.41) is 14.0. The first-order chi connectivity index (χ1) is 10.0. The average molecular weight is 292 g/mol. The second-order valence-electron chi connectivity index (χ2n) is 4.13. The number of halogens is 1. The van der Waals surface area contributed by atoms with Crippen molar-refractivity contribution in [2.45, 2.75) is 13.8 Å². The summed E-state index contributed by atoms with van der Waals surface area (Å²) < 4.78 is 18.5. The number of ether oxygens (including phenoxy) is 1. The summed E-state index contributed by atoms with van der Waals surface area (Å²) in [6.07, 6.45) is 0.